The van der Waals surface area contributed by atoms with Crippen molar-refractivity contribution in [3.05, 3.63) is 10.1 Å². The first kappa shape index (κ1) is 18.6. The quantitative estimate of drug-likeness (QED) is 0.171. The number of halogens is 1. The highest BCUT2D eigenvalue weighted by molar-refractivity contribution is 6.63. The molecular weight excluding hydrogens is 290 g/mol. The molecule has 116 valence electrons. The fourth-order valence-electron chi connectivity index (χ4n) is 1.49. The molecule has 0 bridgehead atoms. The van der Waals surface area contributed by atoms with Crippen molar-refractivity contribution in [1.29, 1.82) is 0 Å². The SMILES string of the molecule is O=C(Cl)CCCCCOC(=O)CCCCCO[N+](=O)[O-]. The average molecular weight is 310 g/mol. The van der Waals surface area contributed by atoms with Gasteiger partial charge in [-0.25, -0.2) is 0 Å². The van der Waals surface area contributed by atoms with Crippen LogP contribution < -0.4 is 0 Å². The van der Waals surface area contributed by atoms with E-state index in [-0.39, 0.29) is 17.8 Å². The third-order valence-electron chi connectivity index (χ3n) is 2.50. The second-order valence-corrected chi connectivity index (χ2v) is 4.68. The van der Waals surface area contributed by atoms with Crippen molar-refractivity contribution in [2.24, 2.45) is 0 Å². The zero-order valence-corrected chi connectivity index (χ0v) is 12.1. The summed E-state index contributed by atoms with van der Waals surface area (Å²) in [7, 11) is 0. The van der Waals surface area contributed by atoms with E-state index < -0.39 is 5.09 Å². The van der Waals surface area contributed by atoms with Crippen LogP contribution >= 0.6 is 11.6 Å². The number of ether oxygens (including phenoxy) is 1. The molecule has 0 aromatic rings. The van der Waals surface area contributed by atoms with E-state index in [1.165, 1.54) is 0 Å². The van der Waals surface area contributed by atoms with E-state index in [2.05, 4.69) is 4.84 Å². The average Bonchev–Trinajstić information content (AvgIpc) is 2.37. The predicted molar refractivity (Wildman–Crippen MR) is 71.7 cm³/mol. The Morgan fingerprint density at radius 2 is 1.55 bits per heavy atom. The molecule has 0 spiro atoms. The molecule has 0 N–H and O–H groups in total. The summed E-state index contributed by atoms with van der Waals surface area (Å²) < 4.78 is 5.00. The zero-order chi connectivity index (χ0) is 15.2. The van der Waals surface area contributed by atoms with Crippen LogP contribution in [0.2, 0.25) is 0 Å². The summed E-state index contributed by atoms with van der Waals surface area (Å²) in [6.45, 7) is 0.404. The Morgan fingerprint density at radius 1 is 0.950 bits per heavy atom. The van der Waals surface area contributed by atoms with E-state index in [1.807, 2.05) is 0 Å². The smallest absolute Gasteiger partial charge is 0.305 e. The minimum Gasteiger partial charge on any atom is -0.466 e. The first-order chi connectivity index (χ1) is 9.52. The minimum absolute atomic E-state index is 0.0569. The summed E-state index contributed by atoms with van der Waals surface area (Å²) in [5.41, 5.74) is 0. The van der Waals surface area contributed by atoms with Crippen molar-refractivity contribution >= 4 is 22.8 Å². The van der Waals surface area contributed by atoms with Crippen LogP contribution in [0.25, 0.3) is 0 Å². The number of carbonyl (C=O) groups is 2. The molecule has 0 saturated carbocycles. The van der Waals surface area contributed by atoms with Gasteiger partial charge in [0.25, 0.3) is 5.09 Å². The number of hydrogen-bond acceptors (Lipinski definition) is 6. The van der Waals surface area contributed by atoms with E-state index >= 15 is 0 Å². The van der Waals surface area contributed by atoms with Crippen molar-refractivity contribution in [2.75, 3.05) is 13.2 Å². The second kappa shape index (κ2) is 12.7. The highest BCUT2D eigenvalue weighted by Crippen LogP contribution is 2.05. The topological polar surface area (TPSA) is 95.7 Å². The first-order valence-electron chi connectivity index (χ1n) is 6.63. The molecule has 0 aliphatic heterocycles. The van der Waals surface area contributed by atoms with Crippen LogP contribution in [0.3, 0.4) is 0 Å². The molecule has 0 heterocycles. The molecule has 0 aromatic heterocycles. The molecule has 0 unspecified atom stereocenters. The van der Waals surface area contributed by atoms with Gasteiger partial charge >= 0.3 is 5.97 Å². The van der Waals surface area contributed by atoms with Crippen LogP contribution in [-0.2, 0) is 19.2 Å². The Hall–Kier alpha value is -1.37. The molecule has 0 rings (SSSR count). The van der Waals surface area contributed by atoms with Gasteiger partial charge in [-0.3, -0.25) is 9.59 Å². The lowest BCUT2D eigenvalue weighted by molar-refractivity contribution is -0.757. The molecule has 0 amide bonds. The Kier molecular flexibility index (Phi) is 11.8. The first-order valence-corrected chi connectivity index (χ1v) is 7.01. The van der Waals surface area contributed by atoms with Gasteiger partial charge in [-0.2, -0.15) is 0 Å². The summed E-state index contributed by atoms with van der Waals surface area (Å²) in [5, 5.41) is 8.68. The van der Waals surface area contributed by atoms with Crippen molar-refractivity contribution in [3.8, 4) is 0 Å². The molecule has 0 aliphatic carbocycles. The van der Waals surface area contributed by atoms with Gasteiger partial charge in [0.15, 0.2) is 0 Å². The van der Waals surface area contributed by atoms with E-state index in [0.717, 1.165) is 6.42 Å². The number of carbonyl (C=O) groups excluding carboxylic acids is 2. The van der Waals surface area contributed by atoms with Gasteiger partial charge < -0.3 is 9.57 Å². The molecule has 0 aliphatic rings. The van der Waals surface area contributed by atoms with Crippen molar-refractivity contribution < 1.29 is 24.3 Å². The van der Waals surface area contributed by atoms with Crippen molar-refractivity contribution in [1.82, 2.24) is 0 Å². The summed E-state index contributed by atoms with van der Waals surface area (Å²) in [4.78, 5) is 35.7. The zero-order valence-electron chi connectivity index (χ0n) is 11.3. The maximum absolute atomic E-state index is 11.3. The molecule has 0 radical (unpaired) electrons. The van der Waals surface area contributed by atoms with Crippen molar-refractivity contribution in [3.63, 3.8) is 0 Å². The number of unbranched alkanes of at least 4 members (excludes halogenated alkanes) is 4. The summed E-state index contributed by atoms with van der Waals surface area (Å²) >= 11 is 5.18. The van der Waals surface area contributed by atoms with Crippen LogP contribution in [0.15, 0.2) is 0 Å². The maximum atomic E-state index is 11.3. The molecule has 0 fully saturated rings. The van der Waals surface area contributed by atoms with Gasteiger partial charge in [0.1, 0.15) is 0 Å². The van der Waals surface area contributed by atoms with Gasteiger partial charge in [0, 0.05) is 12.8 Å². The van der Waals surface area contributed by atoms with Crippen molar-refractivity contribution in [2.45, 2.75) is 51.4 Å². The van der Waals surface area contributed by atoms with Gasteiger partial charge in [-0.05, 0) is 43.7 Å². The fourth-order valence-corrected chi connectivity index (χ4v) is 1.62. The van der Waals surface area contributed by atoms with E-state index in [4.69, 9.17) is 16.3 Å². The summed E-state index contributed by atoms with van der Waals surface area (Å²) in [6.07, 6.45) is 4.72. The van der Waals surface area contributed by atoms with E-state index in [9.17, 15) is 19.7 Å². The van der Waals surface area contributed by atoms with Gasteiger partial charge in [-0.1, -0.05) is 6.42 Å². The number of nitrogens with zero attached hydrogens (tertiary/aromatic N) is 1. The Balaban J connectivity index is 3.24. The standard InChI is InChI=1S/C12H20ClNO6/c13-11(15)7-3-1-5-9-19-12(16)8-4-2-6-10-20-14(17)18/h1-10H2. The minimum atomic E-state index is -0.827. The highest BCUT2D eigenvalue weighted by atomic mass is 35.5. The van der Waals surface area contributed by atoms with Crippen LogP contribution in [0, 0.1) is 10.1 Å². The molecule has 20 heavy (non-hydrogen) atoms. The van der Waals surface area contributed by atoms with Gasteiger partial charge in [0.05, 0.1) is 13.2 Å². The normalized spacial score (nSPS) is 10.1. The maximum Gasteiger partial charge on any atom is 0.305 e. The molecule has 7 nitrogen and oxygen atoms in total. The number of hydrogen-bond donors (Lipinski definition) is 0. The largest absolute Gasteiger partial charge is 0.466 e. The van der Waals surface area contributed by atoms with Crippen LogP contribution in [0.4, 0.5) is 0 Å². The molecule has 0 saturated heterocycles. The van der Waals surface area contributed by atoms with Gasteiger partial charge in [-0.15, -0.1) is 10.1 Å². The lowest BCUT2D eigenvalue weighted by atomic mass is 10.2. The highest BCUT2D eigenvalue weighted by Gasteiger charge is 2.03. The Labute approximate surface area is 122 Å². The number of esters is 1. The number of rotatable bonds is 13. The third-order valence-corrected chi connectivity index (χ3v) is 2.69. The summed E-state index contributed by atoms with van der Waals surface area (Å²) in [5.74, 6) is -0.270. The Bertz CT molecular complexity index is 282. The molecule has 0 atom stereocenters. The molecule has 0 aromatic carbocycles. The third kappa shape index (κ3) is 14.7. The predicted octanol–water partition coefficient (Wildman–Crippen LogP) is 2.62. The van der Waals surface area contributed by atoms with Crippen LogP contribution in [-0.4, -0.2) is 29.5 Å². The van der Waals surface area contributed by atoms with E-state index in [0.29, 0.717) is 51.6 Å². The lowest BCUT2D eigenvalue weighted by Gasteiger charge is -2.04. The monoisotopic (exact) mass is 309 g/mol. The second-order valence-electron chi connectivity index (χ2n) is 4.25. The van der Waals surface area contributed by atoms with Gasteiger partial charge in [0.2, 0.25) is 5.24 Å². The summed E-state index contributed by atoms with van der Waals surface area (Å²) in [6, 6.07) is 0. The lowest BCUT2D eigenvalue weighted by Crippen LogP contribution is -2.06. The van der Waals surface area contributed by atoms with E-state index in [1.54, 1.807) is 0 Å². The Morgan fingerprint density at radius 3 is 2.15 bits per heavy atom. The molecular formula is C12H20ClNO6. The van der Waals surface area contributed by atoms with Crippen LogP contribution in [0.1, 0.15) is 51.4 Å². The fraction of sp³-hybridized carbons (Fsp3) is 0.833. The molecule has 8 heteroatoms. The van der Waals surface area contributed by atoms with Crippen LogP contribution in [0.5, 0.6) is 0 Å².